The molecule has 1 saturated heterocycles. The van der Waals surface area contributed by atoms with Gasteiger partial charge in [0.1, 0.15) is 5.82 Å². The fourth-order valence-electron chi connectivity index (χ4n) is 2.83. The van der Waals surface area contributed by atoms with Gasteiger partial charge in [0.15, 0.2) is 0 Å². The van der Waals surface area contributed by atoms with Gasteiger partial charge in [0.05, 0.1) is 7.11 Å². The summed E-state index contributed by atoms with van der Waals surface area (Å²) < 4.78 is 4.70. The molecule has 0 amide bonds. The van der Waals surface area contributed by atoms with Gasteiger partial charge in [0, 0.05) is 24.8 Å². The molecule has 6 nitrogen and oxygen atoms in total. The summed E-state index contributed by atoms with van der Waals surface area (Å²) >= 11 is 0. The van der Waals surface area contributed by atoms with Crippen LogP contribution >= 0.6 is 0 Å². The van der Waals surface area contributed by atoms with Crippen LogP contribution in [0.25, 0.3) is 0 Å². The molecule has 0 spiro atoms. The largest absolute Gasteiger partial charge is 0.463 e. The summed E-state index contributed by atoms with van der Waals surface area (Å²) in [4.78, 5) is 22.3. The second kappa shape index (κ2) is 6.39. The van der Waals surface area contributed by atoms with E-state index in [1.165, 1.54) is 39.2 Å². The summed E-state index contributed by atoms with van der Waals surface area (Å²) in [6, 6.07) is 2.94. The number of nitrogens with zero attached hydrogens (tertiary/aromatic N) is 3. The number of carbonyl (C=O) groups is 1. The lowest BCUT2D eigenvalue weighted by Gasteiger charge is -2.31. The number of anilines is 1. The van der Waals surface area contributed by atoms with Gasteiger partial charge in [-0.3, -0.25) is 0 Å². The summed E-state index contributed by atoms with van der Waals surface area (Å²) in [5, 5.41) is 3.57. The summed E-state index contributed by atoms with van der Waals surface area (Å²) in [7, 11) is 1.35. The second-order valence-corrected chi connectivity index (χ2v) is 5.76. The third kappa shape index (κ3) is 3.50. The Bertz CT molecular complexity index is 498. The standard InChI is InChI=1S/C15H22N4O2/c1-21-15(20)14-17-9-7-13(18-14)19(12-5-6-12)10-11-4-2-3-8-16-11/h7,9,11-12,16H,2-6,8,10H2,1H3. The fraction of sp³-hybridized carbons (Fsp3) is 0.667. The normalized spacial score (nSPS) is 21.9. The Kier molecular flexibility index (Phi) is 4.34. The van der Waals surface area contributed by atoms with E-state index in [1.807, 2.05) is 6.07 Å². The highest BCUT2D eigenvalue weighted by molar-refractivity contribution is 5.85. The van der Waals surface area contributed by atoms with Crippen LogP contribution in [-0.2, 0) is 4.74 Å². The van der Waals surface area contributed by atoms with E-state index in [9.17, 15) is 4.79 Å². The van der Waals surface area contributed by atoms with E-state index in [4.69, 9.17) is 4.74 Å². The van der Waals surface area contributed by atoms with Gasteiger partial charge in [-0.2, -0.15) is 0 Å². The van der Waals surface area contributed by atoms with Crippen molar-refractivity contribution < 1.29 is 9.53 Å². The number of hydrogen-bond acceptors (Lipinski definition) is 6. The average molecular weight is 290 g/mol. The molecule has 1 aromatic heterocycles. The molecule has 2 aliphatic rings. The molecule has 0 bridgehead atoms. The number of methoxy groups -OCH3 is 1. The predicted molar refractivity (Wildman–Crippen MR) is 79.4 cm³/mol. The first-order valence-electron chi connectivity index (χ1n) is 7.69. The molecule has 1 aliphatic carbocycles. The Morgan fingerprint density at radius 2 is 2.29 bits per heavy atom. The lowest BCUT2D eigenvalue weighted by Crippen LogP contribution is -2.45. The Morgan fingerprint density at radius 3 is 2.95 bits per heavy atom. The Morgan fingerprint density at radius 1 is 1.43 bits per heavy atom. The van der Waals surface area contributed by atoms with Crippen molar-refractivity contribution in [1.82, 2.24) is 15.3 Å². The first-order valence-corrected chi connectivity index (χ1v) is 7.69. The molecule has 114 valence electrons. The molecule has 1 aromatic rings. The van der Waals surface area contributed by atoms with E-state index < -0.39 is 5.97 Å². The van der Waals surface area contributed by atoms with Crippen LogP contribution in [0.3, 0.4) is 0 Å². The lowest BCUT2D eigenvalue weighted by atomic mass is 10.0. The molecular weight excluding hydrogens is 268 g/mol. The van der Waals surface area contributed by atoms with Gasteiger partial charge in [-0.05, 0) is 38.3 Å². The van der Waals surface area contributed by atoms with Gasteiger partial charge >= 0.3 is 5.97 Å². The number of ether oxygens (including phenoxy) is 1. The van der Waals surface area contributed by atoms with Crippen LogP contribution < -0.4 is 10.2 Å². The molecule has 2 heterocycles. The molecule has 2 fully saturated rings. The smallest absolute Gasteiger partial charge is 0.376 e. The van der Waals surface area contributed by atoms with Crippen molar-refractivity contribution in [2.45, 2.75) is 44.2 Å². The molecule has 6 heteroatoms. The van der Waals surface area contributed by atoms with E-state index in [0.717, 1.165) is 18.9 Å². The van der Waals surface area contributed by atoms with Crippen LogP contribution in [0.5, 0.6) is 0 Å². The summed E-state index contributed by atoms with van der Waals surface area (Å²) in [6.45, 7) is 2.04. The molecule has 3 rings (SSSR count). The van der Waals surface area contributed by atoms with Crippen LogP contribution in [-0.4, -0.2) is 48.2 Å². The highest BCUT2D eigenvalue weighted by Gasteiger charge is 2.32. The number of nitrogens with one attached hydrogen (secondary N) is 1. The van der Waals surface area contributed by atoms with E-state index in [0.29, 0.717) is 12.1 Å². The highest BCUT2D eigenvalue weighted by Crippen LogP contribution is 2.31. The summed E-state index contributed by atoms with van der Waals surface area (Å²) in [6.07, 6.45) is 7.79. The Labute approximate surface area is 124 Å². The van der Waals surface area contributed by atoms with Gasteiger partial charge in [-0.1, -0.05) is 6.42 Å². The number of esters is 1. The Balaban J connectivity index is 1.75. The number of hydrogen-bond donors (Lipinski definition) is 1. The first kappa shape index (κ1) is 14.3. The Hall–Kier alpha value is -1.69. The monoisotopic (exact) mass is 290 g/mol. The van der Waals surface area contributed by atoms with Crippen molar-refractivity contribution in [2.24, 2.45) is 0 Å². The molecule has 1 aliphatic heterocycles. The molecule has 1 unspecified atom stereocenters. The van der Waals surface area contributed by atoms with Crippen molar-refractivity contribution in [2.75, 3.05) is 25.1 Å². The van der Waals surface area contributed by atoms with Crippen molar-refractivity contribution in [1.29, 1.82) is 0 Å². The highest BCUT2D eigenvalue weighted by atomic mass is 16.5. The first-order chi connectivity index (χ1) is 10.3. The average Bonchev–Trinajstić information content (AvgIpc) is 3.38. The van der Waals surface area contributed by atoms with Gasteiger partial charge in [-0.15, -0.1) is 0 Å². The molecule has 1 saturated carbocycles. The van der Waals surface area contributed by atoms with Crippen LogP contribution in [0.15, 0.2) is 12.3 Å². The van der Waals surface area contributed by atoms with E-state index in [-0.39, 0.29) is 5.82 Å². The summed E-state index contributed by atoms with van der Waals surface area (Å²) in [5.41, 5.74) is 0. The van der Waals surface area contributed by atoms with Crippen LogP contribution in [0.4, 0.5) is 5.82 Å². The molecular formula is C15H22N4O2. The number of carbonyl (C=O) groups excluding carboxylic acids is 1. The third-order valence-electron chi connectivity index (χ3n) is 4.12. The zero-order valence-electron chi connectivity index (χ0n) is 12.4. The maximum Gasteiger partial charge on any atom is 0.376 e. The number of piperidine rings is 1. The van der Waals surface area contributed by atoms with Crippen molar-refractivity contribution in [3.05, 3.63) is 18.1 Å². The second-order valence-electron chi connectivity index (χ2n) is 5.76. The fourth-order valence-corrected chi connectivity index (χ4v) is 2.83. The van der Waals surface area contributed by atoms with E-state index in [2.05, 4.69) is 20.2 Å². The lowest BCUT2D eigenvalue weighted by molar-refractivity contribution is 0.0586. The van der Waals surface area contributed by atoms with E-state index in [1.54, 1.807) is 6.20 Å². The molecule has 1 N–H and O–H groups in total. The van der Waals surface area contributed by atoms with Gasteiger partial charge in [0.25, 0.3) is 0 Å². The minimum Gasteiger partial charge on any atom is -0.463 e. The maximum atomic E-state index is 11.6. The summed E-state index contributed by atoms with van der Waals surface area (Å²) in [5.74, 6) is 0.487. The molecule has 1 atom stereocenters. The third-order valence-corrected chi connectivity index (χ3v) is 4.12. The quantitative estimate of drug-likeness (QED) is 0.826. The number of aromatic nitrogens is 2. The van der Waals surface area contributed by atoms with Crippen molar-refractivity contribution in [3.63, 3.8) is 0 Å². The van der Waals surface area contributed by atoms with Crippen molar-refractivity contribution >= 4 is 11.8 Å². The molecule has 21 heavy (non-hydrogen) atoms. The zero-order chi connectivity index (χ0) is 14.7. The van der Waals surface area contributed by atoms with Crippen LogP contribution in [0.1, 0.15) is 42.7 Å². The predicted octanol–water partition coefficient (Wildman–Crippen LogP) is 1.37. The van der Waals surface area contributed by atoms with E-state index >= 15 is 0 Å². The van der Waals surface area contributed by atoms with Gasteiger partial charge in [0.2, 0.25) is 5.82 Å². The minimum absolute atomic E-state index is 0.136. The molecule has 0 radical (unpaired) electrons. The SMILES string of the molecule is COC(=O)c1nccc(N(CC2CCCCN2)C2CC2)n1. The zero-order valence-corrected chi connectivity index (χ0v) is 12.4. The van der Waals surface area contributed by atoms with Gasteiger partial charge < -0.3 is 15.0 Å². The van der Waals surface area contributed by atoms with Crippen molar-refractivity contribution in [3.8, 4) is 0 Å². The minimum atomic E-state index is -0.483. The van der Waals surface area contributed by atoms with Crippen LogP contribution in [0.2, 0.25) is 0 Å². The maximum absolute atomic E-state index is 11.6. The molecule has 0 aromatic carbocycles. The number of rotatable bonds is 5. The topological polar surface area (TPSA) is 67.3 Å². The van der Waals surface area contributed by atoms with Gasteiger partial charge in [-0.25, -0.2) is 14.8 Å². The van der Waals surface area contributed by atoms with Crippen LogP contribution in [0, 0.1) is 0 Å².